The second kappa shape index (κ2) is 12.7. The Morgan fingerprint density at radius 1 is 1.00 bits per heavy atom. The molecule has 3 rings (SSSR count). The van der Waals surface area contributed by atoms with Crippen LogP contribution in [0.4, 0.5) is 0 Å². The average molecular weight is 531 g/mol. The number of morpholine rings is 1. The summed E-state index contributed by atoms with van der Waals surface area (Å²) in [5, 5.41) is 10.4. The molecule has 0 radical (unpaired) electrons. The van der Waals surface area contributed by atoms with E-state index in [1.165, 1.54) is 0 Å². The van der Waals surface area contributed by atoms with Gasteiger partial charge in [0.05, 0.1) is 35.7 Å². The van der Waals surface area contributed by atoms with Crippen LogP contribution in [0.15, 0.2) is 36.4 Å². The van der Waals surface area contributed by atoms with Gasteiger partial charge in [-0.15, -0.1) is 11.6 Å². The van der Waals surface area contributed by atoms with E-state index in [-0.39, 0.29) is 17.9 Å². The number of benzene rings is 2. The number of alkyl halides is 1. The summed E-state index contributed by atoms with van der Waals surface area (Å²) >= 11 is 18.6. The molecule has 1 aliphatic rings. The molecule has 8 heteroatoms. The number of hydrogen-bond donors (Lipinski definition) is 1. The third-order valence-corrected chi connectivity index (χ3v) is 7.02. The predicted octanol–water partition coefficient (Wildman–Crippen LogP) is 5.64. The van der Waals surface area contributed by atoms with Crippen molar-refractivity contribution in [2.75, 3.05) is 51.9 Å². The van der Waals surface area contributed by atoms with Gasteiger partial charge in [-0.25, -0.2) is 0 Å². The van der Waals surface area contributed by atoms with Gasteiger partial charge >= 0.3 is 0 Å². The molecule has 1 aliphatic heterocycles. The van der Waals surface area contributed by atoms with E-state index < -0.39 is 6.10 Å². The molecule has 0 saturated carbocycles. The molecule has 0 aromatic heterocycles. The molecule has 1 N–H and O–H groups in total. The molecule has 0 spiro atoms. The molecule has 2 aromatic carbocycles. The van der Waals surface area contributed by atoms with Gasteiger partial charge in [-0.3, -0.25) is 4.90 Å². The highest BCUT2D eigenvalue weighted by Crippen LogP contribution is 2.40. The largest absolute Gasteiger partial charge is 0.493 e. The molecule has 0 unspecified atom stereocenters. The van der Waals surface area contributed by atoms with Crippen molar-refractivity contribution < 1.29 is 19.3 Å². The summed E-state index contributed by atoms with van der Waals surface area (Å²) in [5.74, 6) is 1.71. The SMILES string of the molecule is C[C@H](COc1ccc(C(C)(C)c2cc(Cl)c(OC[C@@H](O)CCl)c(Cl)c2)cc1)CN1CCOCC1. The maximum Gasteiger partial charge on any atom is 0.156 e. The monoisotopic (exact) mass is 529 g/mol. The van der Waals surface area contributed by atoms with Crippen molar-refractivity contribution >= 4 is 34.8 Å². The predicted molar refractivity (Wildman–Crippen MR) is 139 cm³/mol. The fraction of sp³-hybridized carbons (Fsp3) is 0.538. The summed E-state index contributed by atoms with van der Waals surface area (Å²) in [6, 6.07) is 11.9. The number of rotatable bonds is 11. The van der Waals surface area contributed by atoms with Crippen LogP contribution < -0.4 is 9.47 Å². The van der Waals surface area contributed by atoms with Gasteiger partial charge in [-0.05, 0) is 35.4 Å². The van der Waals surface area contributed by atoms with Gasteiger partial charge in [-0.1, -0.05) is 56.1 Å². The van der Waals surface area contributed by atoms with Crippen LogP contribution in [0.3, 0.4) is 0 Å². The van der Waals surface area contributed by atoms with Crippen LogP contribution >= 0.6 is 34.8 Å². The van der Waals surface area contributed by atoms with E-state index in [1.54, 1.807) is 0 Å². The fourth-order valence-corrected chi connectivity index (χ4v) is 4.62. The summed E-state index contributed by atoms with van der Waals surface area (Å²) < 4.78 is 17.0. The third kappa shape index (κ3) is 7.39. The standard InChI is InChI=1S/C26H34Cl3NO4/c1-18(15-30-8-10-32-11-9-30)16-33-22-6-4-19(5-7-22)26(2,3)20-12-23(28)25(24(29)13-20)34-17-21(31)14-27/h4-7,12-13,18,21,31H,8-11,14-17H2,1-3H3/t18-,21-/m0/s1. The Labute approximate surface area is 217 Å². The van der Waals surface area contributed by atoms with E-state index in [1.807, 2.05) is 24.3 Å². The van der Waals surface area contributed by atoms with Crippen LogP contribution in [0.5, 0.6) is 11.5 Å². The van der Waals surface area contributed by atoms with Crippen molar-refractivity contribution in [1.82, 2.24) is 4.90 Å². The molecule has 0 amide bonds. The van der Waals surface area contributed by atoms with E-state index in [9.17, 15) is 5.11 Å². The van der Waals surface area contributed by atoms with E-state index in [4.69, 9.17) is 49.0 Å². The number of halogens is 3. The molecule has 0 bridgehead atoms. The minimum atomic E-state index is -0.784. The van der Waals surface area contributed by atoms with Crippen LogP contribution in [0.2, 0.25) is 10.0 Å². The molecule has 1 fully saturated rings. The van der Waals surface area contributed by atoms with Crippen LogP contribution in [0.25, 0.3) is 0 Å². The van der Waals surface area contributed by atoms with Crippen LogP contribution in [0.1, 0.15) is 31.9 Å². The first kappa shape index (κ1) is 27.4. The Hall–Kier alpha value is -1.21. The van der Waals surface area contributed by atoms with Gasteiger partial charge in [-0.2, -0.15) is 0 Å². The summed E-state index contributed by atoms with van der Waals surface area (Å²) in [6.07, 6.45) is -0.784. The van der Waals surface area contributed by atoms with Crippen molar-refractivity contribution in [2.24, 2.45) is 5.92 Å². The Kier molecular flexibility index (Phi) is 10.2. The van der Waals surface area contributed by atoms with Gasteiger partial charge in [0.25, 0.3) is 0 Å². The maximum absolute atomic E-state index is 9.64. The molecule has 2 atom stereocenters. The van der Waals surface area contributed by atoms with Crippen LogP contribution in [-0.4, -0.2) is 68.1 Å². The van der Waals surface area contributed by atoms with Crippen molar-refractivity contribution in [2.45, 2.75) is 32.3 Å². The highest BCUT2D eigenvalue weighted by molar-refractivity contribution is 6.37. The van der Waals surface area contributed by atoms with Gasteiger partial charge in [0.1, 0.15) is 18.5 Å². The highest BCUT2D eigenvalue weighted by Gasteiger charge is 2.26. The zero-order valence-corrected chi connectivity index (χ0v) is 22.3. The lowest BCUT2D eigenvalue weighted by atomic mass is 9.78. The van der Waals surface area contributed by atoms with Crippen molar-refractivity contribution in [1.29, 1.82) is 0 Å². The molecule has 188 valence electrons. The maximum atomic E-state index is 9.64. The van der Waals surface area contributed by atoms with Gasteiger partial charge in [0.2, 0.25) is 0 Å². The molecule has 2 aromatic rings. The lowest BCUT2D eigenvalue weighted by Gasteiger charge is -2.29. The first-order chi connectivity index (χ1) is 16.2. The van der Waals surface area contributed by atoms with Crippen molar-refractivity contribution in [3.8, 4) is 11.5 Å². The van der Waals surface area contributed by atoms with Crippen molar-refractivity contribution in [3.63, 3.8) is 0 Å². The topological polar surface area (TPSA) is 51.2 Å². The van der Waals surface area contributed by atoms with Crippen molar-refractivity contribution in [3.05, 3.63) is 57.6 Å². The Balaban J connectivity index is 1.62. The van der Waals surface area contributed by atoms with Gasteiger partial charge in [0, 0.05) is 31.0 Å². The second-order valence-corrected chi connectivity index (χ2v) is 10.5. The Morgan fingerprint density at radius 3 is 2.21 bits per heavy atom. The quantitative estimate of drug-likeness (QED) is 0.381. The summed E-state index contributed by atoms with van der Waals surface area (Å²) in [6.45, 7) is 11.8. The van der Waals surface area contributed by atoms with E-state index in [0.717, 1.165) is 49.7 Å². The van der Waals surface area contributed by atoms with E-state index in [0.29, 0.717) is 28.3 Å². The van der Waals surface area contributed by atoms with Crippen LogP contribution in [-0.2, 0) is 10.2 Å². The molecule has 1 saturated heterocycles. The van der Waals surface area contributed by atoms with E-state index in [2.05, 4.69) is 37.8 Å². The smallest absolute Gasteiger partial charge is 0.156 e. The second-order valence-electron chi connectivity index (χ2n) is 9.37. The lowest BCUT2D eigenvalue weighted by molar-refractivity contribution is 0.0283. The average Bonchev–Trinajstić information content (AvgIpc) is 2.82. The van der Waals surface area contributed by atoms with E-state index >= 15 is 0 Å². The van der Waals surface area contributed by atoms with Gasteiger partial charge < -0.3 is 19.3 Å². The number of aliphatic hydroxyl groups is 1. The van der Waals surface area contributed by atoms with Gasteiger partial charge in [0.15, 0.2) is 5.75 Å². The zero-order valence-electron chi connectivity index (χ0n) is 20.0. The Morgan fingerprint density at radius 2 is 1.62 bits per heavy atom. The first-order valence-corrected chi connectivity index (χ1v) is 12.9. The molecular weight excluding hydrogens is 497 g/mol. The number of hydrogen-bond acceptors (Lipinski definition) is 5. The summed E-state index contributed by atoms with van der Waals surface area (Å²) in [7, 11) is 0. The minimum Gasteiger partial charge on any atom is -0.493 e. The minimum absolute atomic E-state index is 0.0260. The third-order valence-electron chi connectivity index (χ3n) is 6.10. The van der Waals surface area contributed by atoms with Crippen LogP contribution in [0, 0.1) is 5.92 Å². The zero-order chi connectivity index (χ0) is 24.7. The molecule has 34 heavy (non-hydrogen) atoms. The lowest BCUT2D eigenvalue weighted by Crippen LogP contribution is -2.39. The normalized spacial score (nSPS) is 16.8. The fourth-order valence-electron chi connectivity index (χ4n) is 3.93. The Bertz CT molecular complexity index is 894. The number of nitrogens with zero attached hydrogens (tertiary/aromatic N) is 1. The first-order valence-electron chi connectivity index (χ1n) is 11.6. The summed E-state index contributed by atoms with van der Waals surface area (Å²) in [5.41, 5.74) is 1.73. The summed E-state index contributed by atoms with van der Waals surface area (Å²) in [4.78, 5) is 2.43. The molecular formula is C26H34Cl3NO4. The molecule has 0 aliphatic carbocycles. The molecule has 5 nitrogen and oxygen atoms in total. The molecule has 1 heterocycles. The number of ether oxygens (including phenoxy) is 3. The highest BCUT2D eigenvalue weighted by atomic mass is 35.5. The number of aliphatic hydroxyl groups excluding tert-OH is 1.